The summed E-state index contributed by atoms with van der Waals surface area (Å²) < 4.78 is 1.04. The molecule has 0 nitrogen and oxygen atoms in total. The summed E-state index contributed by atoms with van der Waals surface area (Å²) in [5.41, 5.74) is 5.10. The lowest BCUT2D eigenvalue weighted by Crippen LogP contribution is -2.15. The molecule has 21 heavy (non-hydrogen) atoms. The third kappa shape index (κ3) is 1.74. The van der Waals surface area contributed by atoms with E-state index < -0.39 is 0 Å². The zero-order valence-corrected chi connectivity index (χ0v) is 14.2. The van der Waals surface area contributed by atoms with E-state index in [1.165, 1.54) is 33.0 Å². The molecule has 1 aliphatic rings. The van der Waals surface area contributed by atoms with Gasteiger partial charge in [-0.1, -0.05) is 77.8 Å². The van der Waals surface area contributed by atoms with Crippen molar-refractivity contribution in [3.63, 3.8) is 0 Å². The molecule has 0 fully saturated rings. The summed E-state index contributed by atoms with van der Waals surface area (Å²) >= 11 is 10.1. The van der Waals surface area contributed by atoms with Crippen molar-refractivity contribution in [2.24, 2.45) is 0 Å². The van der Waals surface area contributed by atoms with Crippen LogP contribution in [0.2, 0.25) is 5.02 Å². The minimum atomic E-state index is -0.0427. The Morgan fingerprint density at radius 1 is 1.00 bits per heavy atom. The minimum absolute atomic E-state index is 0.0427. The van der Waals surface area contributed by atoms with Crippen molar-refractivity contribution in [1.82, 2.24) is 0 Å². The zero-order chi connectivity index (χ0) is 14.8. The molecule has 0 aliphatic heterocycles. The number of benzene rings is 3. The summed E-state index contributed by atoms with van der Waals surface area (Å²) in [4.78, 5) is 0. The maximum Gasteiger partial charge on any atom is 0.0498 e. The van der Waals surface area contributed by atoms with Gasteiger partial charge in [0.1, 0.15) is 0 Å². The molecule has 3 aromatic rings. The monoisotopic (exact) mass is 356 g/mol. The van der Waals surface area contributed by atoms with E-state index in [1.54, 1.807) is 0 Å². The normalized spacial score (nSPS) is 15.0. The lowest BCUT2D eigenvalue weighted by atomic mass is 9.80. The average Bonchev–Trinajstić information content (AvgIpc) is 2.68. The quantitative estimate of drug-likeness (QED) is 0.427. The second kappa shape index (κ2) is 4.34. The molecule has 2 heteroatoms. The van der Waals surface area contributed by atoms with Gasteiger partial charge in [-0.15, -0.1) is 0 Å². The van der Waals surface area contributed by atoms with Gasteiger partial charge in [-0.05, 0) is 39.6 Å². The first kappa shape index (κ1) is 13.4. The van der Waals surface area contributed by atoms with Crippen molar-refractivity contribution >= 4 is 38.3 Å². The van der Waals surface area contributed by atoms with E-state index in [0.29, 0.717) is 0 Å². The van der Waals surface area contributed by atoms with E-state index >= 15 is 0 Å². The van der Waals surface area contributed by atoms with Crippen LogP contribution in [0.25, 0.3) is 21.9 Å². The van der Waals surface area contributed by atoms with E-state index in [9.17, 15) is 0 Å². The molecule has 0 aromatic heterocycles. The fourth-order valence-electron chi connectivity index (χ4n) is 3.63. The van der Waals surface area contributed by atoms with Crippen LogP contribution in [0.15, 0.2) is 53.0 Å². The van der Waals surface area contributed by atoms with E-state index in [1.807, 2.05) is 6.07 Å². The fourth-order valence-corrected chi connectivity index (χ4v) is 4.54. The molecule has 0 N–H and O–H groups in total. The SMILES string of the molecule is CC1(C)c2cc(Br)cc(Cl)c2-c2ccc3ccccc3c21. The van der Waals surface area contributed by atoms with Crippen molar-refractivity contribution in [1.29, 1.82) is 0 Å². The van der Waals surface area contributed by atoms with Gasteiger partial charge < -0.3 is 0 Å². The Hall–Kier alpha value is -1.31. The standard InChI is InChI=1S/C19H14BrCl/c1-19(2)15-9-12(20)10-16(21)17(15)14-8-7-11-5-3-4-6-13(11)18(14)19/h3-10H,1-2H3. The lowest BCUT2D eigenvalue weighted by molar-refractivity contribution is 0.666. The topological polar surface area (TPSA) is 0 Å². The summed E-state index contributed by atoms with van der Waals surface area (Å²) in [7, 11) is 0. The highest BCUT2D eigenvalue weighted by Crippen LogP contribution is 2.54. The van der Waals surface area contributed by atoms with Crippen molar-refractivity contribution in [2.45, 2.75) is 19.3 Å². The van der Waals surface area contributed by atoms with Crippen LogP contribution in [-0.2, 0) is 5.41 Å². The van der Waals surface area contributed by atoms with Crippen LogP contribution in [0.5, 0.6) is 0 Å². The number of halogens is 2. The second-order valence-corrected chi connectivity index (χ2v) is 7.47. The predicted octanol–water partition coefficient (Wildman–Crippen LogP) is 6.56. The smallest absolute Gasteiger partial charge is 0.0498 e. The highest BCUT2D eigenvalue weighted by molar-refractivity contribution is 9.10. The molecular formula is C19H14BrCl. The second-order valence-electron chi connectivity index (χ2n) is 6.14. The number of hydrogen-bond acceptors (Lipinski definition) is 0. The molecule has 0 radical (unpaired) electrons. The van der Waals surface area contributed by atoms with Gasteiger partial charge in [-0.2, -0.15) is 0 Å². The summed E-state index contributed by atoms with van der Waals surface area (Å²) in [5.74, 6) is 0. The molecule has 0 saturated heterocycles. The Bertz CT molecular complexity index is 893. The van der Waals surface area contributed by atoms with Gasteiger partial charge in [-0.25, -0.2) is 0 Å². The molecule has 4 rings (SSSR count). The van der Waals surface area contributed by atoms with E-state index in [0.717, 1.165) is 9.50 Å². The highest BCUT2D eigenvalue weighted by Gasteiger charge is 2.38. The van der Waals surface area contributed by atoms with Crippen molar-refractivity contribution in [3.8, 4) is 11.1 Å². The van der Waals surface area contributed by atoms with Crippen LogP contribution >= 0.6 is 27.5 Å². The van der Waals surface area contributed by atoms with E-state index in [4.69, 9.17) is 11.6 Å². The van der Waals surface area contributed by atoms with Crippen LogP contribution in [0.3, 0.4) is 0 Å². The van der Waals surface area contributed by atoms with Crippen molar-refractivity contribution in [2.75, 3.05) is 0 Å². The minimum Gasteiger partial charge on any atom is -0.0836 e. The van der Waals surface area contributed by atoms with Crippen LogP contribution in [0.4, 0.5) is 0 Å². The molecule has 0 amide bonds. The van der Waals surface area contributed by atoms with Gasteiger partial charge in [0.05, 0.1) is 0 Å². The maximum atomic E-state index is 6.55. The summed E-state index contributed by atoms with van der Waals surface area (Å²) in [6, 6.07) is 17.2. The first-order valence-corrected chi connectivity index (χ1v) is 8.19. The van der Waals surface area contributed by atoms with Gasteiger partial charge in [0.2, 0.25) is 0 Å². The van der Waals surface area contributed by atoms with Gasteiger partial charge >= 0.3 is 0 Å². The predicted molar refractivity (Wildman–Crippen MR) is 94.2 cm³/mol. The average molecular weight is 358 g/mol. The van der Waals surface area contributed by atoms with Gasteiger partial charge in [0, 0.05) is 20.5 Å². The third-order valence-corrected chi connectivity index (χ3v) is 5.31. The summed E-state index contributed by atoms with van der Waals surface area (Å²) in [5, 5.41) is 3.43. The van der Waals surface area contributed by atoms with Crippen molar-refractivity contribution < 1.29 is 0 Å². The van der Waals surface area contributed by atoms with Crippen LogP contribution in [0.1, 0.15) is 25.0 Å². The molecule has 1 aliphatic carbocycles. The number of hydrogen-bond donors (Lipinski definition) is 0. The van der Waals surface area contributed by atoms with Crippen molar-refractivity contribution in [3.05, 3.63) is 69.2 Å². The largest absolute Gasteiger partial charge is 0.0836 e. The first-order valence-electron chi connectivity index (χ1n) is 7.02. The Kier molecular flexibility index (Phi) is 2.76. The Balaban J connectivity index is 2.20. The fraction of sp³-hybridized carbons (Fsp3) is 0.158. The van der Waals surface area contributed by atoms with Gasteiger partial charge in [-0.3, -0.25) is 0 Å². The Morgan fingerprint density at radius 2 is 1.76 bits per heavy atom. The van der Waals surface area contributed by atoms with E-state index in [2.05, 4.69) is 72.2 Å². The molecule has 0 bridgehead atoms. The Morgan fingerprint density at radius 3 is 2.57 bits per heavy atom. The third-order valence-electron chi connectivity index (χ3n) is 4.55. The molecule has 0 atom stereocenters. The summed E-state index contributed by atoms with van der Waals surface area (Å²) in [6.45, 7) is 4.57. The van der Waals surface area contributed by atoms with Crippen LogP contribution < -0.4 is 0 Å². The molecule has 0 spiro atoms. The first-order chi connectivity index (χ1) is 10.00. The number of rotatable bonds is 0. The molecular weight excluding hydrogens is 344 g/mol. The molecule has 104 valence electrons. The Labute approximate surface area is 137 Å². The molecule has 0 saturated carbocycles. The van der Waals surface area contributed by atoms with E-state index in [-0.39, 0.29) is 5.41 Å². The molecule has 0 unspecified atom stereocenters. The summed E-state index contributed by atoms with van der Waals surface area (Å²) in [6.07, 6.45) is 0. The highest BCUT2D eigenvalue weighted by atomic mass is 79.9. The molecule has 0 heterocycles. The van der Waals surface area contributed by atoms with Gasteiger partial charge in [0.15, 0.2) is 0 Å². The maximum absolute atomic E-state index is 6.55. The van der Waals surface area contributed by atoms with Crippen LogP contribution in [0, 0.1) is 0 Å². The lowest BCUT2D eigenvalue weighted by Gasteiger charge is -2.23. The molecule has 3 aromatic carbocycles. The zero-order valence-electron chi connectivity index (χ0n) is 11.9. The number of fused-ring (bicyclic) bond motifs is 5. The van der Waals surface area contributed by atoms with Gasteiger partial charge in [0.25, 0.3) is 0 Å². The van der Waals surface area contributed by atoms with Crippen LogP contribution in [-0.4, -0.2) is 0 Å².